The topological polar surface area (TPSA) is 69.6 Å². The van der Waals surface area contributed by atoms with E-state index in [1.54, 1.807) is 17.0 Å². The lowest BCUT2D eigenvalue weighted by atomic mass is 10.0. The van der Waals surface area contributed by atoms with Crippen molar-refractivity contribution in [1.29, 1.82) is 0 Å². The Morgan fingerprint density at radius 3 is 3.05 bits per heavy atom. The Bertz CT molecular complexity index is 614. The van der Waals surface area contributed by atoms with E-state index in [-0.39, 0.29) is 25.0 Å². The van der Waals surface area contributed by atoms with Crippen LogP contribution in [-0.4, -0.2) is 48.1 Å². The van der Waals surface area contributed by atoms with Crippen LogP contribution in [-0.2, 0) is 4.79 Å². The number of aliphatic hydroxyl groups excluding tert-OH is 1. The molecule has 0 bridgehead atoms. The van der Waals surface area contributed by atoms with Gasteiger partial charge < -0.3 is 15.3 Å². The zero-order valence-corrected chi connectivity index (χ0v) is 12.0. The smallest absolute Gasteiger partial charge is 0.254 e. The molecule has 0 aliphatic carbocycles. The highest BCUT2D eigenvalue weighted by molar-refractivity contribution is 5.98. The van der Waals surface area contributed by atoms with E-state index in [1.165, 1.54) is 0 Å². The molecule has 2 rings (SSSR count). The molecule has 1 saturated heterocycles. The molecule has 2 amide bonds. The second kappa shape index (κ2) is 6.91. The molecule has 1 heterocycles. The van der Waals surface area contributed by atoms with E-state index in [0.717, 1.165) is 12.0 Å². The second-order valence-corrected chi connectivity index (χ2v) is 4.87. The number of hydrogen-bond acceptors (Lipinski definition) is 3. The summed E-state index contributed by atoms with van der Waals surface area (Å²) in [5, 5.41) is 11.5. The average Bonchev–Trinajstić information content (AvgIpc) is 2.70. The van der Waals surface area contributed by atoms with E-state index >= 15 is 0 Å². The summed E-state index contributed by atoms with van der Waals surface area (Å²) >= 11 is 0. The van der Waals surface area contributed by atoms with Crippen molar-refractivity contribution in [2.24, 2.45) is 0 Å². The number of carbonyl (C=O) groups is 2. The van der Waals surface area contributed by atoms with Crippen molar-refractivity contribution in [3.05, 3.63) is 34.9 Å². The zero-order valence-electron chi connectivity index (χ0n) is 12.0. The van der Waals surface area contributed by atoms with Crippen LogP contribution in [0.3, 0.4) is 0 Å². The predicted octanol–water partition coefficient (Wildman–Crippen LogP) is 0.301. The SMILES string of the molecule is Cc1c(C#CCO)cccc1C(=O)N1CCCNC(=O)C1. The van der Waals surface area contributed by atoms with Crippen molar-refractivity contribution >= 4 is 11.8 Å². The molecule has 0 saturated carbocycles. The molecule has 1 aromatic rings. The lowest BCUT2D eigenvalue weighted by Gasteiger charge is -2.20. The van der Waals surface area contributed by atoms with E-state index in [0.29, 0.717) is 24.2 Å². The Labute approximate surface area is 124 Å². The summed E-state index contributed by atoms with van der Waals surface area (Å²) < 4.78 is 0. The van der Waals surface area contributed by atoms with Crippen LogP contribution in [0.4, 0.5) is 0 Å². The molecule has 1 aliphatic heterocycles. The van der Waals surface area contributed by atoms with E-state index in [1.807, 2.05) is 13.0 Å². The van der Waals surface area contributed by atoms with Gasteiger partial charge in [-0.1, -0.05) is 17.9 Å². The maximum absolute atomic E-state index is 12.6. The van der Waals surface area contributed by atoms with E-state index < -0.39 is 0 Å². The number of carbonyl (C=O) groups excluding carboxylic acids is 2. The molecule has 2 N–H and O–H groups in total. The number of nitrogens with one attached hydrogen (secondary N) is 1. The minimum absolute atomic E-state index is 0.0881. The zero-order chi connectivity index (χ0) is 15.2. The minimum atomic E-state index is -0.218. The molecular weight excluding hydrogens is 268 g/mol. The van der Waals surface area contributed by atoms with Crippen molar-refractivity contribution < 1.29 is 14.7 Å². The summed E-state index contributed by atoms with van der Waals surface area (Å²) in [7, 11) is 0. The highest BCUT2D eigenvalue weighted by atomic mass is 16.2. The van der Waals surface area contributed by atoms with Crippen LogP contribution in [0.25, 0.3) is 0 Å². The van der Waals surface area contributed by atoms with Crippen molar-refractivity contribution in [2.45, 2.75) is 13.3 Å². The first-order chi connectivity index (χ1) is 10.1. The van der Waals surface area contributed by atoms with Gasteiger partial charge >= 0.3 is 0 Å². The largest absolute Gasteiger partial charge is 0.384 e. The Kier molecular flexibility index (Phi) is 4.96. The van der Waals surface area contributed by atoms with Gasteiger partial charge in [-0.05, 0) is 31.0 Å². The number of rotatable bonds is 1. The van der Waals surface area contributed by atoms with Gasteiger partial charge in [0.1, 0.15) is 6.61 Å². The molecular formula is C16H18N2O3. The molecule has 0 aromatic heterocycles. The normalized spacial score (nSPS) is 14.8. The third-order valence-electron chi connectivity index (χ3n) is 3.41. The number of nitrogens with zero attached hydrogens (tertiary/aromatic N) is 1. The highest BCUT2D eigenvalue weighted by Crippen LogP contribution is 2.16. The Balaban J connectivity index is 2.28. The van der Waals surface area contributed by atoms with Crippen LogP contribution in [0.1, 0.15) is 27.9 Å². The molecule has 5 nitrogen and oxygen atoms in total. The molecule has 0 atom stereocenters. The molecule has 21 heavy (non-hydrogen) atoms. The first-order valence-corrected chi connectivity index (χ1v) is 6.89. The van der Waals surface area contributed by atoms with Gasteiger partial charge in [-0.3, -0.25) is 9.59 Å². The van der Waals surface area contributed by atoms with Crippen LogP contribution < -0.4 is 5.32 Å². The van der Waals surface area contributed by atoms with Gasteiger partial charge in [0.2, 0.25) is 5.91 Å². The van der Waals surface area contributed by atoms with Gasteiger partial charge in [0.15, 0.2) is 0 Å². The average molecular weight is 286 g/mol. The molecule has 5 heteroatoms. The summed E-state index contributed by atoms with van der Waals surface area (Å²) in [6.45, 7) is 2.86. The first kappa shape index (κ1) is 15.1. The van der Waals surface area contributed by atoms with Gasteiger partial charge in [-0.15, -0.1) is 0 Å². The number of hydrogen-bond donors (Lipinski definition) is 2. The van der Waals surface area contributed by atoms with E-state index in [2.05, 4.69) is 17.2 Å². The second-order valence-electron chi connectivity index (χ2n) is 4.87. The van der Waals surface area contributed by atoms with Crippen LogP contribution in [0.2, 0.25) is 0 Å². The van der Waals surface area contributed by atoms with E-state index in [9.17, 15) is 9.59 Å². The maximum atomic E-state index is 12.6. The van der Waals surface area contributed by atoms with Gasteiger partial charge in [0.25, 0.3) is 5.91 Å². The summed E-state index contributed by atoms with van der Waals surface area (Å²) in [6, 6.07) is 5.31. The third-order valence-corrected chi connectivity index (χ3v) is 3.41. The fourth-order valence-corrected chi connectivity index (χ4v) is 2.29. The monoisotopic (exact) mass is 286 g/mol. The van der Waals surface area contributed by atoms with Crippen LogP contribution in [0.5, 0.6) is 0 Å². The quantitative estimate of drug-likeness (QED) is 0.730. The highest BCUT2D eigenvalue weighted by Gasteiger charge is 2.22. The molecule has 1 fully saturated rings. The summed E-state index contributed by atoms with van der Waals surface area (Å²) in [6.07, 6.45) is 0.751. The first-order valence-electron chi connectivity index (χ1n) is 6.89. The van der Waals surface area contributed by atoms with Crippen molar-refractivity contribution in [3.8, 4) is 11.8 Å². The van der Waals surface area contributed by atoms with Crippen molar-refractivity contribution in [1.82, 2.24) is 10.2 Å². The summed E-state index contributed by atoms with van der Waals surface area (Å²) in [4.78, 5) is 25.7. The molecule has 1 aromatic carbocycles. The van der Waals surface area contributed by atoms with Gasteiger partial charge in [-0.25, -0.2) is 0 Å². The Morgan fingerprint density at radius 2 is 2.29 bits per heavy atom. The Morgan fingerprint density at radius 1 is 1.48 bits per heavy atom. The molecule has 0 radical (unpaired) electrons. The number of benzene rings is 1. The minimum Gasteiger partial charge on any atom is -0.384 e. The fraction of sp³-hybridized carbons (Fsp3) is 0.375. The van der Waals surface area contributed by atoms with Crippen molar-refractivity contribution in [2.75, 3.05) is 26.2 Å². The number of aliphatic hydroxyl groups is 1. The fourth-order valence-electron chi connectivity index (χ4n) is 2.29. The molecule has 0 unspecified atom stereocenters. The standard InChI is InChI=1S/C16H18N2O3/c1-12-13(6-3-10-19)5-2-7-14(12)16(21)18-9-4-8-17-15(20)11-18/h2,5,7,19H,4,8-11H2,1H3,(H,17,20). The van der Waals surface area contributed by atoms with Gasteiger partial charge in [0, 0.05) is 24.2 Å². The summed E-state index contributed by atoms with van der Waals surface area (Å²) in [5.41, 5.74) is 2.04. The van der Waals surface area contributed by atoms with Gasteiger partial charge in [0.05, 0.1) is 6.54 Å². The predicted molar refractivity (Wildman–Crippen MR) is 78.7 cm³/mol. The van der Waals surface area contributed by atoms with Crippen LogP contribution in [0.15, 0.2) is 18.2 Å². The van der Waals surface area contributed by atoms with E-state index in [4.69, 9.17) is 5.11 Å². The van der Waals surface area contributed by atoms with Crippen LogP contribution in [0, 0.1) is 18.8 Å². The molecule has 0 spiro atoms. The van der Waals surface area contributed by atoms with Gasteiger partial charge in [-0.2, -0.15) is 0 Å². The lowest BCUT2D eigenvalue weighted by molar-refractivity contribution is -0.121. The third kappa shape index (κ3) is 3.61. The molecule has 110 valence electrons. The number of amides is 2. The Hall–Kier alpha value is -2.32. The van der Waals surface area contributed by atoms with Crippen molar-refractivity contribution in [3.63, 3.8) is 0 Å². The summed E-state index contributed by atoms with van der Waals surface area (Å²) in [5.74, 6) is 5.13. The van der Waals surface area contributed by atoms with Crippen LogP contribution >= 0.6 is 0 Å². The molecule has 1 aliphatic rings. The maximum Gasteiger partial charge on any atom is 0.254 e. The lowest BCUT2D eigenvalue weighted by Crippen LogP contribution is -2.37.